The molecule has 0 heterocycles. The maximum atomic E-state index is 11.3. The van der Waals surface area contributed by atoms with Crippen LogP contribution in [0.3, 0.4) is 0 Å². The van der Waals surface area contributed by atoms with Crippen molar-refractivity contribution in [2.75, 3.05) is 14.2 Å². The first kappa shape index (κ1) is 11.6. The normalized spacial score (nSPS) is 13.4. The molecule has 0 bridgehead atoms. The molecule has 3 nitrogen and oxygen atoms in total. The Labute approximate surface area is 74.0 Å². The molecule has 0 radical (unpaired) electrons. The average Bonchev–Trinajstić information content (AvgIpc) is 2.06. The molecule has 0 aliphatic rings. The maximum absolute atomic E-state index is 11.3. The molecule has 3 heteroatoms. The van der Waals surface area contributed by atoms with Crippen LogP contribution in [0.5, 0.6) is 0 Å². The minimum absolute atomic E-state index is 0.0225. The van der Waals surface area contributed by atoms with E-state index in [1.807, 2.05) is 6.92 Å². The van der Waals surface area contributed by atoms with Crippen molar-refractivity contribution in [1.82, 2.24) is 0 Å². The van der Waals surface area contributed by atoms with E-state index in [-0.39, 0.29) is 5.78 Å². The Morgan fingerprint density at radius 3 is 2.17 bits per heavy atom. The Bertz CT molecular complexity index is 130. The van der Waals surface area contributed by atoms with Crippen LogP contribution in [-0.2, 0) is 14.3 Å². The third-order valence-electron chi connectivity index (χ3n) is 1.94. The van der Waals surface area contributed by atoms with E-state index in [9.17, 15) is 4.79 Å². The van der Waals surface area contributed by atoms with Gasteiger partial charge in [0.15, 0.2) is 5.78 Å². The van der Waals surface area contributed by atoms with E-state index in [4.69, 9.17) is 9.47 Å². The monoisotopic (exact) mass is 174 g/mol. The molecule has 0 aromatic heterocycles. The SMILES string of the molecule is CCC(C)CC(=O)C(OC)OC. The van der Waals surface area contributed by atoms with Crippen LogP contribution in [0.2, 0.25) is 0 Å². The van der Waals surface area contributed by atoms with Crippen molar-refractivity contribution in [3.05, 3.63) is 0 Å². The lowest BCUT2D eigenvalue weighted by Gasteiger charge is -2.14. The molecule has 0 saturated carbocycles. The van der Waals surface area contributed by atoms with E-state index in [1.165, 1.54) is 14.2 Å². The molecular formula is C9H18O3. The van der Waals surface area contributed by atoms with Crippen molar-refractivity contribution in [3.8, 4) is 0 Å². The topological polar surface area (TPSA) is 35.5 Å². The smallest absolute Gasteiger partial charge is 0.217 e. The molecule has 1 atom stereocenters. The molecule has 0 N–H and O–H groups in total. The fourth-order valence-electron chi connectivity index (χ4n) is 0.943. The first-order chi connectivity index (χ1) is 5.65. The minimum atomic E-state index is -0.681. The largest absolute Gasteiger partial charge is 0.349 e. The van der Waals surface area contributed by atoms with Gasteiger partial charge < -0.3 is 9.47 Å². The highest BCUT2D eigenvalue weighted by Crippen LogP contribution is 2.09. The highest BCUT2D eigenvalue weighted by atomic mass is 16.7. The Morgan fingerprint density at radius 2 is 1.83 bits per heavy atom. The maximum Gasteiger partial charge on any atom is 0.217 e. The zero-order valence-corrected chi connectivity index (χ0v) is 8.29. The van der Waals surface area contributed by atoms with Gasteiger partial charge in [-0.1, -0.05) is 20.3 Å². The van der Waals surface area contributed by atoms with Crippen molar-refractivity contribution < 1.29 is 14.3 Å². The number of hydrogen-bond donors (Lipinski definition) is 0. The number of rotatable bonds is 6. The van der Waals surface area contributed by atoms with Crippen molar-refractivity contribution >= 4 is 5.78 Å². The van der Waals surface area contributed by atoms with Gasteiger partial charge in [0.25, 0.3) is 0 Å². The minimum Gasteiger partial charge on any atom is -0.349 e. The van der Waals surface area contributed by atoms with Gasteiger partial charge in [-0.25, -0.2) is 0 Å². The summed E-state index contributed by atoms with van der Waals surface area (Å²) in [7, 11) is 2.95. The van der Waals surface area contributed by atoms with E-state index < -0.39 is 6.29 Å². The second kappa shape index (κ2) is 6.14. The van der Waals surface area contributed by atoms with E-state index in [1.54, 1.807) is 0 Å². The summed E-state index contributed by atoms with van der Waals surface area (Å²) in [5, 5.41) is 0. The molecule has 0 spiro atoms. The van der Waals surface area contributed by atoms with Gasteiger partial charge in [0.2, 0.25) is 6.29 Å². The number of carbonyl (C=O) groups excluding carboxylic acids is 1. The molecule has 72 valence electrons. The molecule has 0 aliphatic heterocycles. The van der Waals surface area contributed by atoms with Crippen molar-refractivity contribution in [2.45, 2.75) is 33.0 Å². The first-order valence-corrected chi connectivity index (χ1v) is 4.24. The third-order valence-corrected chi connectivity index (χ3v) is 1.94. The molecule has 0 fully saturated rings. The second-order valence-corrected chi connectivity index (χ2v) is 2.99. The van der Waals surface area contributed by atoms with Crippen LogP contribution in [-0.4, -0.2) is 26.3 Å². The number of methoxy groups -OCH3 is 2. The van der Waals surface area contributed by atoms with Gasteiger partial charge in [0, 0.05) is 20.6 Å². The van der Waals surface area contributed by atoms with Gasteiger partial charge in [-0.3, -0.25) is 4.79 Å². The molecule has 0 aromatic rings. The molecule has 1 unspecified atom stereocenters. The van der Waals surface area contributed by atoms with Crippen LogP contribution in [0.1, 0.15) is 26.7 Å². The van der Waals surface area contributed by atoms with Gasteiger partial charge in [-0.2, -0.15) is 0 Å². The summed E-state index contributed by atoms with van der Waals surface area (Å²) >= 11 is 0. The summed E-state index contributed by atoms with van der Waals surface area (Å²) in [5.41, 5.74) is 0. The van der Waals surface area contributed by atoms with Crippen molar-refractivity contribution in [3.63, 3.8) is 0 Å². The lowest BCUT2D eigenvalue weighted by atomic mass is 10.0. The molecule has 0 aromatic carbocycles. The molecular weight excluding hydrogens is 156 g/mol. The lowest BCUT2D eigenvalue weighted by Crippen LogP contribution is -2.26. The second-order valence-electron chi connectivity index (χ2n) is 2.99. The average molecular weight is 174 g/mol. The molecule has 0 rings (SSSR count). The molecule has 12 heavy (non-hydrogen) atoms. The molecule has 0 amide bonds. The number of Topliss-reactive ketones (excluding diaryl/α,β-unsaturated/α-hetero) is 1. The van der Waals surface area contributed by atoms with Gasteiger partial charge >= 0.3 is 0 Å². The van der Waals surface area contributed by atoms with E-state index in [0.717, 1.165) is 6.42 Å². The van der Waals surface area contributed by atoms with Crippen molar-refractivity contribution in [2.24, 2.45) is 5.92 Å². The van der Waals surface area contributed by atoms with Crippen molar-refractivity contribution in [1.29, 1.82) is 0 Å². The number of ketones is 1. The zero-order valence-electron chi connectivity index (χ0n) is 8.29. The van der Waals surface area contributed by atoms with Crippen LogP contribution in [0.25, 0.3) is 0 Å². The Kier molecular flexibility index (Phi) is 5.93. The van der Waals surface area contributed by atoms with E-state index in [0.29, 0.717) is 12.3 Å². The summed E-state index contributed by atoms with van der Waals surface area (Å²) in [4.78, 5) is 11.3. The third kappa shape index (κ3) is 3.83. The molecule has 0 aliphatic carbocycles. The summed E-state index contributed by atoms with van der Waals surface area (Å²) in [6, 6.07) is 0. The van der Waals surface area contributed by atoms with E-state index in [2.05, 4.69) is 6.92 Å². The summed E-state index contributed by atoms with van der Waals surface area (Å²) in [6.07, 6.45) is 0.855. The summed E-state index contributed by atoms with van der Waals surface area (Å²) < 4.78 is 9.67. The van der Waals surface area contributed by atoms with Gasteiger partial charge in [0.1, 0.15) is 0 Å². The standard InChI is InChI=1S/C9H18O3/c1-5-7(2)6-8(10)9(11-3)12-4/h7,9H,5-6H2,1-4H3. The number of carbonyl (C=O) groups is 1. The fraction of sp³-hybridized carbons (Fsp3) is 0.889. The fourth-order valence-corrected chi connectivity index (χ4v) is 0.943. The Balaban J connectivity index is 3.84. The van der Waals surface area contributed by atoms with E-state index >= 15 is 0 Å². The quantitative estimate of drug-likeness (QED) is 0.574. The highest BCUT2D eigenvalue weighted by molar-refractivity contribution is 5.81. The summed E-state index contributed by atoms with van der Waals surface area (Å²) in [6.45, 7) is 4.10. The predicted molar refractivity (Wildman–Crippen MR) is 46.9 cm³/mol. The Morgan fingerprint density at radius 1 is 1.33 bits per heavy atom. The number of hydrogen-bond acceptors (Lipinski definition) is 3. The predicted octanol–water partition coefficient (Wildman–Crippen LogP) is 1.61. The van der Waals surface area contributed by atoms with Crippen LogP contribution in [0.15, 0.2) is 0 Å². The van der Waals surface area contributed by atoms with Crippen LogP contribution < -0.4 is 0 Å². The van der Waals surface area contributed by atoms with Gasteiger partial charge in [-0.05, 0) is 5.92 Å². The first-order valence-electron chi connectivity index (χ1n) is 4.24. The number of ether oxygens (including phenoxy) is 2. The summed E-state index contributed by atoms with van der Waals surface area (Å²) in [5.74, 6) is 0.430. The zero-order chi connectivity index (χ0) is 9.56. The Hall–Kier alpha value is -0.410. The van der Waals surface area contributed by atoms with Crippen LogP contribution in [0, 0.1) is 5.92 Å². The van der Waals surface area contributed by atoms with Gasteiger partial charge in [0.05, 0.1) is 0 Å². The molecule has 0 saturated heterocycles. The van der Waals surface area contributed by atoms with Gasteiger partial charge in [-0.15, -0.1) is 0 Å². The van der Waals surface area contributed by atoms with Crippen LogP contribution in [0.4, 0.5) is 0 Å². The highest BCUT2D eigenvalue weighted by Gasteiger charge is 2.18. The lowest BCUT2D eigenvalue weighted by molar-refractivity contribution is -0.157. The van der Waals surface area contributed by atoms with Crippen LogP contribution >= 0.6 is 0 Å².